The van der Waals surface area contributed by atoms with Crippen molar-refractivity contribution < 1.29 is 0 Å². The van der Waals surface area contributed by atoms with Crippen molar-refractivity contribution in [3.05, 3.63) is 59.1 Å². The fourth-order valence-corrected chi connectivity index (χ4v) is 4.08. The lowest BCUT2D eigenvalue weighted by Crippen LogP contribution is -2.12. The molecule has 0 aliphatic carbocycles. The van der Waals surface area contributed by atoms with Crippen molar-refractivity contribution in [3.63, 3.8) is 0 Å². The quantitative estimate of drug-likeness (QED) is 0.753. The Morgan fingerprint density at radius 1 is 0.875 bits per heavy atom. The molecule has 0 amide bonds. The summed E-state index contributed by atoms with van der Waals surface area (Å²) in [5, 5.41) is 2.91. The fraction of sp³-hybridized carbons (Fsp3) is 0.143. The molecule has 0 saturated carbocycles. The minimum Gasteiger partial charge on any atom is -0.0622 e. The number of halogens is 1. The zero-order valence-corrected chi connectivity index (χ0v) is 11.7. The van der Waals surface area contributed by atoms with E-state index in [1.165, 1.54) is 16.8 Å². The van der Waals surface area contributed by atoms with Gasteiger partial charge in [-0.1, -0.05) is 65.3 Å². The van der Waals surface area contributed by atoms with Crippen LogP contribution in [0.4, 0.5) is 0 Å². The Bertz CT molecular complexity index is 436. The number of hydrogen-bond acceptors (Lipinski definition) is 0. The van der Waals surface area contributed by atoms with Gasteiger partial charge in [0.1, 0.15) is 0 Å². The standard InChI is InChI=1S/C14H14BrP/c1-2-16(13-6-4-3-5-7-13)14-10-8-12(15)9-11-14/h3-11H,2H2,1H3. The lowest BCUT2D eigenvalue weighted by atomic mass is 10.4. The molecule has 2 heteroatoms. The van der Waals surface area contributed by atoms with Crippen LogP contribution in [0.15, 0.2) is 59.1 Å². The van der Waals surface area contributed by atoms with E-state index in [0.717, 1.165) is 4.47 Å². The molecule has 0 bridgehead atoms. The largest absolute Gasteiger partial charge is 0.0622 e. The van der Waals surface area contributed by atoms with Crippen molar-refractivity contribution >= 4 is 34.5 Å². The number of hydrogen-bond donors (Lipinski definition) is 0. The molecule has 0 aromatic heterocycles. The van der Waals surface area contributed by atoms with Crippen molar-refractivity contribution in [2.24, 2.45) is 0 Å². The summed E-state index contributed by atoms with van der Waals surface area (Å²) in [6.45, 7) is 2.26. The molecule has 0 fully saturated rings. The Balaban J connectivity index is 2.33. The van der Waals surface area contributed by atoms with E-state index in [1.54, 1.807) is 0 Å². The first kappa shape index (κ1) is 11.8. The topological polar surface area (TPSA) is 0 Å². The number of rotatable bonds is 3. The van der Waals surface area contributed by atoms with E-state index < -0.39 is 0 Å². The molecule has 0 N–H and O–H groups in total. The molecule has 2 rings (SSSR count). The molecule has 1 unspecified atom stereocenters. The van der Waals surface area contributed by atoms with E-state index in [2.05, 4.69) is 77.5 Å². The minimum atomic E-state index is -0.182. The SMILES string of the molecule is CCP(c1ccccc1)c1ccc(Br)cc1. The molecule has 0 radical (unpaired) electrons. The van der Waals surface area contributed by atoms with Gasteiger partial charge in [0.2, 0.25) is 0 Å². The Hall–Kier alpha value is -0.650. The fourth-order valence-electron chi connectivity index (χ4n) is 1.74. The maximum atomic E-state index is 3.48. The lowest BCUT2D eigenvalue weighted by Gasteiger charge is -2.16. The molecule has 0 aliphatic heterocycles. The monoisotopic (exact) mass is 292 g/mol. The molecule has 16 heavy (non-hydrogen) atoms. The van der Waals surface area contributed by atoms with Gasteiger partial charge in [-0.3, -0.25) is 0 Å². The highest BCUT2D eigenvalue weighted by molar-refractivity contribution is 9.10. The summed E-state index contributed by atoms with van der Waals surface area (Å²) < 4.78 is 1.15. The van der Waals surface area contributed by atoms with Crippen LogP contribution in [0.2, 0.25) is 0 Å². The molecule has 2 aromatic rings. The van der Waals surface area contributed by atoms with Crippen LogP contribution >= 0.6 is 23.9 Å². The predicted molar refractivity (Wildman–Crippen MR) is 77.3 cm³/mol. The van der Waals surface area contributed by atoms with Gasteiger partial charge >= 0.3 is 0 Å². The van der Waals surface area contributed by atoms with Crippen LogP contribution in [-0.4, -0.2) is 6.16 Å². The molecule has 0 aliphatic rings. The molecule has 0 spiro atoms. The van der Waals surface area contributed by atoms with Crippen molar-refractivity contribution in [2.75, 3.05) is 6.16 Å². The van der Waals surface area contributed by atoms with Crippen molar-refractivity contribution in [3.8, 4) is 0 Å². The Morgan fingerprint density at radius 3 is 2.00 bits per heavy atom. The maximum absolute atomic E-state index is 3.48. The van der Waals surface area contributed by atoms with Gasteiger partial charge in [-0.15, -0.1) is 0 Å². The summed E-state index contributed by atoms with van der Waals surface area (Å²) in [6, 6.07) is 19.5. The van der Waals surface area contributed by atoms with E-state index in [9.17, 15) is 0 Å². The summed E-state index contributed by atoms with van der Waals surface area (Å²) in [5.41, 5.74) is 0. The third-order valence-corrected chi connectivity index (χ3v) is 5.53. The molecule has 2 aromatic carbocycles. The van der Waals surface area contributed by atoms with Crippen LogP contribution in [0.1, 0.15) is 6.92 Å². The molecule has 0 nitrogen and oxygen atoms in total. The third-order valence-electron chi connectivity index (χ3n) is 2.52. The van der Waals surface area contributed by atoms with E-state index in [-0.39, 0.29) is 7.92 Å². The maximum Gasteiger partial charge on any atom is 0.0175 e. The summed E-state index contributed by atoms with van der Waals surface area (Å²) in [5.74, 6) is 0. The highest BCUT2D eigenvalue weighted by Crippen LogP contribution is 2.32. The van der Waals surface area contributed by atoms with Gasteiger partial charge in [-0.25, -0.2) is 0 Å². The van der Waals surface area contributed by atoms with E-state index >= 15 is 0 Å². The minimum absolute atomic E-state index is 0.182. The number of benzene rings is 2. The van der Waals surface area contributed by atoms with E-state index in [0.29, 0.717) is 0 Å². The Kier molecular flexibility index (Phi) is 4.15. The van der Waals surface area contributed by atoms with E-state index in [4.69, 9.17) is 0 Å². The van der Waals surface area contributed by atoms with Gasteiger partial charge in [0.25, 0.3) is 0 Å². The van der Waals surface area contributed by atoms with Crippen molar-refractivity contribution in [1.29, 1.82) is 0 Å². The summed E-state index contributed by atoms with van der Waals surface area (Å²) in [7, 11) is -0.182. The first-order chi connectivity index (χ1) is 7.81. The van der Waals surface area contributed by atoms with Crippen LogP contribution in [0.3, 0.4) is 0 Å². The molecule has 82 valence electrons. The summed E-state index contributed by atoms with van der Waals surface area (Å²) >= 11 is 3.48. The second kappa shape index (κ2) is 5.61. The van der Waals surface area contributed by atoms with Crippen LogP contribution in [0.5, 0.6) is 0 Å². The summed E-state index contributed by atoms with van der Waals surface area (Å²) in [6.07, 6.45) is 1.20. The summed E-state index contributed by atoms with van der Waals surface area (Å²) in [4.78, 5) is 0. The van der Waals surface area contributed by atoms with Crippen LogP contribution in [0.25, 0.3) is 0 Å². The average Bonchev–Trinajstić information content (AvgIpc) is 2.34. The average molecular weight is 293 g/mol. The van der Waals surface area contributed by atoms with Crippen LogP contribution in [0, 0.1) is 0 Å². The molecule has 0 heterocycles. The van der Waals surface area contributed by atoms with Gasteiger partial charge in [0, 0.05) is 4.47 Å². The van der Waals surface area contributed by atoms with Crippen molar-refractivity contribution in [2.45, 2.75) is 6.92 Å². The van der Waals surface area contributed by atoms with Gasteiger partial charge in [-0.2, -0.15) is 0 Å². The first-order valence-corrected chi connectivity index (χ1v) is 7.71. The highest BCUT2D eigenvalue weighted by Gasteiger charge is 2.10. The Labute approximate surface area is 107 Å². The predicted octanol–water partition coefficient (Wildman–Crippen LogP) is 3.90. The van der Waals surface area contributed by atoms with Gasteiger partial charge in [-0.05, 0) is 36.8 Å². The molecular weight excluding hydrogens is 279 g/mol. The Morgan fingerprint density at radius 2 is 1.44 bits per heavy atom. The second-order valence-electron chi connectivity index (χ2n) is 3.56. The van der Waals surface area contributed by atoms with Gasteiger partial charge in [0.15, 0.2) is 0 Å². The smallest absolute Gasteiger partial charge is 0.0175 e. The highest BCUT2D eigenvalue weighted by atomic mass is 79.9. The molecule has 0 saturated heterocycles. The molecule has 1 atom stereocenters. The van der Waals surface area contributed by atoms with Gasteiger partial charge < -0.3 is 0 Å². The van der Waals surface area contributed by atoms with Gasteiger partial charge in [0.05, 0.1) is 0 Å². The van der Waals surface area contributed by atoms with Crippen LogP contribution in [-0.2, 0) is 0 Å². The molecular formula is C14H14BrP. The first-order valence-electron chi connectivity index (χ1n) is 5.39. The van der Waals surface area contributed by atoms with Crippen molar-refractivity contribution in [1.82, 2.24) is 0 Å². The van der Waals surface area contributed by atoms with Crippen LogP contribution < -0.4 is 10.6 Å². The normalized spacial score (nSPS) is 12.4. The lowest BCUT2D eigenvalue weighted by molar-refractivity contribution is 1.50. The zero-order valence-electron chi connectivity index (χ0n) is 9.23. The second-order valence-corrected chi connectivity index (χ2v) is 6.99. The van der Waals surface area contributed by atoms with E-state index in [1.807, 2.05) is 0 Å². The zero-order chi connectivity index (χ0) is 11.4. The third kappa shape index (κ3) is 2.72.